The van der Waals surface area contributed by atoms with Gasteiger partial charge in [-0.05, 0) is 49.7 Å². The van der Waals surface area contributed by atoms with Gasteiger partial charge in [-0.1, -0.05) is 30.8 Å². The molecule has 4 rings (SSSR count). The normalized spacial score (nSPS) is 15.2. The lowest BCUT2D eigenvalue weighted by atomic mass is 10.2. The Morgan fingerprint density at radius 1 is 1.13 bits per heavy atom. The number of thioether (sulfide) groups is 1. The van der Waals surface area contributed by atoms with Gasteiger partial charge >= 0.3 is 0 Å². The van der Waals surface area contributed by atoms with E-state index in [4.69, 9.17) is 10.5 Å². The molecule has 38 heavy (non-hydrogen) atoms. The van der Waals surface area contributed by atoms with Crippen molar-refractivity contribution < 1.29 is 22.7 Å². The summed E-state index contributed by atoms with van der Waals surface area (Å²) in [5.74, 6) is -0.177. The van der Waals surface area contributed by atoms with E-state index in [0.29, 0.717) is 54.1 Å². The van der Waals surface area contributed by atoms with Gasteiger partial charge in [-0.25, -0.2) is 8.42 Å². The molecule has 11 nitrogen and oxygen atoms in total. The molecule has 1 saturated heterocycles. The van der Waals surface area contributed by atoms with Gasteiger partial charge in [0, 0.05) is 35.9 Å². The Labute approximate surface area is 225 Å². The van der Waals surface area contributed by atoms with E-state index in [9.17, 15) is 18.0 Å². The fraction of sp³-hybridized carbons (Fsp3) is 0.360. The number of ether oxygens (including phenoxy) is 1. The van der Waals surface area contributed by atoms with Crippen LogP contribution in [-0.2, 0) is 19.6 Å². The van der Waals surface area contributed by atoms with Crippen molar-refractivity contribution in [1.82, 2.24) is 19.1 Å². The molecule has 2 aromatic carbocycles. The van der Waals surface area contributed by atoms with Crippen molar-refractivity contribution in [2.24, 2.45) is 5.73 Å². The van der Waals surface area contributed by atoms with Crippen LogP contribution in [0.15, 0.2) is 58.6 Å². The first-order valence-corrected chi connectivity index (χ1v) is 14.6. The van der Waals surface area contributed by atoms with Crippen LogP contribution in [-0.4, -0.2) is 71.4 Å². The Hall–Kier alpha value is -3.26. The van der Waals surface area contributed by atoms with Crippen LogP contribution in [0.1, 0.15) is 36.7 Å². The zero-order chi connectivity index (χ0) is 27.3. The first-order valence-electron chi connectivity index (χ1n) is 12.2. The van der Waals surface area contributed by atoms with Gasteiger partial charge in [-0.2, -0.15) is 4.31 Å². The molecule has 1 aliphatic rings. The average molecular weight is 559 g/mol. The topological polar surface area (TPSA) is 150 Å². The van der Waals surface area contributed by atoms with Crippen LogP contribution in [0.2, 0.25) is 0 Å². The number of amides is 2. The van der Waals surface area contributed by atoms with Crippen molar-refractivity contribution >= 4 is 39.3 Å². The highest BCUT2D eigenvalue weighted by Crippen LogP contribution is 2.31. The zero-order valence-electron chi connectivity index (χ0n) is 21.2. The van der Waals surface area contributed by atoms with Crippen LogP contribution >= 0.6 is 11.8 Å². The predicted molar refractivity (Wildman–Crippen MR) is 144 cm³/mol. The van der Waals surface area contributed by atoms with Crippen LogP contribution in [0.3, 0.4) is 0 Å². The third kappa shape index (κ3) is 6.23. The molecule has 1 atom stereocenters. The largest absolute Gasteiger partial charge is 0.379 e. The number of nitrogens with two attached hydrogens (primary N) is 1. The molecule has 0 bridgehead atoms. The Morgan fingerprint density at radius 2 is 1.84 bits per heavy atom. The molecule has 0 spiro atoms. The summed E-state index contributed by atoms with van der Waals surface area (Å²) in [6.07, 6.45) is 0.781. The van der Waals surface area contributed by atoms with Crippen molar-refractivity contribution in [3.05, 3.63) is 54.1 Å². The lowest BCUT2D eigenvalue weighted by molar-refractivity contribution is -0.113. The molecule has 1 aliphatic heterocycles. The first kappa shape index (κ1) is 27.8. The van der Waals surface area contributed by atoms with Crippen molar-refractivity contribution in [3.8, 4) is 11.4 Å². The number of nitrogens with zero attached hydrogens (tertiary/aromatic N) is 4. The van der Waals surface area contributed by atoms with E-state index in [-0.39, 0.29) is 22.6 Å². The summed E-state index contributed by atoms with van der Waals surface area (Å²) in [5, 5.41) is 12.0. The molecule has 0 aliphatic carbocycles. The smallest absolute Gasteiger partial charge is 0.248 e. The summed E-state index contributed by atoms with van der Waals surface area (Å²) in [4.78, 5) is 24.0. The lowest BCUT2D eigenvalue weighted by Crippen LogP contribution is -2.40. The molecule has 202 valence electrons. The van der Waals surface area contributed by atoms with Gasteiger partial charge in [0.15, 0.2) is 11.0 Å². The highest BCUT2D eigenvalue weighted by atomic mass is 32.2. The number of carbonyl (C=O) groups is 2. The summed E-state index contributed by atoms with van der Waals surface area (Å²) in [5.41, 5.74) is 6.78. The number of carbonyl (C=O) groups excluding carboxylic acids is 2. The van der Waals surface area contributed by atoms with Crippen LogP contribution in [0.4, 0.5) is 5.69 Å². The monoisotopic (exact) mass is 558 g/mol. The highest BCUT2D eigenvalue weighted by Gasteiger charge is 2.27. The van der Waals surface area contributed by atoms with E-state index in [0.717, 1.165) is 6.42 Å². The van der Waals surface area contributed by atoms with Crippen LogP contribution in [0.25, 0.3) is 11.4 Å². The molecule has 1 aromatic heterocycles. The minimum atomic E-state index is -3.67. The number of hydrogen-bond donors (Lipinski definition) is 2. The number of anilines is 1. The Bertz CT molecular complexity index is 1400. The molecule has 1 unspecified atom stereocenters. The van der Waals surface area contributed by atoms with Crippen molar-refractivity contribution in [1.29, 1.82) is 0 Å². The maximum atomic E-state index is 13.2. The second-order valence-electron chi connectivity index (χ2n) is 8.76. The minimum absolute atomic E-state index is 0.00594. The number of aromatic nitrogens is 3. The molecule has 0 radical (unpaired) electrons. The second-order valence-corrected chi connectivity index (χ2v) is 11.6. The predicted octanol–water partition coefficient (Wildman–Crippen LogP) is 2.77. The van der Waals surface area contributed by atoms with Gasteiger partial charge in [0.05, 0.1) is 23.9 Å². The molecule has 3 N–H and O–H groups in total. The number of benzene rings is 2. The Balaban J connectivity index is 1.53. The Morgan fingerprint density at radius 3 is 2.50 bits per heavy atom. The Kier molecular flexibility index (Phi) is 8.82. The van der Waals surface area contributed by atoms with E-state index in [1.807, 2.05) is 18.4 Å². The second kappa shape index (κ2) is 12.1. The van der Waals surface area contributed by atoms with Crippen LogP contribution in [0, 0.1) is 0 Å². The molecular formula is C25H30N6O5S2. The summed E-state index contributed by atoms with van der Waals surface area (Å²) < 4.78 is 35.0. The third-order valence-corrected chi connectivity index (χ3v) is 9.02. The summed E-state index contributed by atoms with van der Waals surface area (Å²) in [6, 6.07) is 13.0. The lowest BCUT2D eigenvalue weighted by Gasteiger charge is -2.26. The summed E-state index contributed by atoms with van der Waals surface area (Å²) in [6.45, 7) is 5.42. The fourth-order valence-corrected chi connectivity index (χ4v) is 6.22. The maximum absolute atomic E-state index is 13.2. The molecule has 3 aromatic rings. The van der Waals surface area contributed by atoms with E-state index < -0.39 is 15.9 Å². The molecule has 13 heteroatoms. The van der Waals surface area contributed by atoms with E-state index in [1.165, 1.54) is 16.1 Å². The molecule has 2 heterocycles. The minimum Gasteiger partial charge on any atom is -0.379 e. The average Bonchev–Trinajstić information content (AvgIpc) is 3.36. The standard InChI is InChI=1S/C25H30N6O5S2/c1-3-17(2)31-24(19-5-4-6-21(15-19)38(34,35)30-11-13-36-14-12-30)28-29-25(31)37-16-22(32)27-20-9-7-18(8-10-20)23(26)33/h4-10,15,17H,3,11-14,16H2,1-2H3,(H2,26,33)(H,27,32). The molecule has 0 saturated carbocycles. The van der Waals surface area contributed by atoms with Gasteiger partial charge in [-0.15, -0.1) is 10.2 Å². The number of primary amides is 1. The number of morpholine rings is 1. The van der Waals surface area contributed by atoms with Gasteiger partial charge < -0.3 is 15.8 Å². The molecule has 2 amide bonds. The van der Waals surface area contributed by atoms with Crippen molar-refractivity contribution in [3.63, 3.8) is 0 Å². The van der Waals surface area contributed by atoms with Gasteiger partial charge in [0.2, 0.25) is 21.8 Å². The molecule has 1 fully saturated rings. The number of hydrogen-bond acceptors (Lipinski definition) is 8. The van der Waals surface area contributed by atoms with Gasteiger partial charge in [0.1, 0.15) is 0 Å². The zero-order valence-corrected chi connectivity index (χ0v) is 22.8. The van der Waals surface area contributed by atoms with Gasteiger partial charge in [-0.3, -0.25) is 14.2 Å². The van der Waals surface area contributed by atoms with E-state index in [2.05, 4.69) is 15.5 Å². The maximum Gasteiger partial charge on any atom is 0.248 e. The number of rotatable bonds is 10. The quantitative estimate of drug-likeness (QED) is 0.361. The SMILES string of the molecule is CCC(C)n1c(SCC(=O)Nc2ccc(C(N)=O)cc2)nnc1-c1cccc(S(=O)(=O)N2CCOCC2)c1. The number of nitrogens with one attached hydrogen (secondary N) is 1. The van der Waals surface area contributed by atoms with Crippen molar-refractivity contribution in [2.75, 3.05) is 37.4 Å². The highest BCUT2D eigenvalue weighted by molar-refractivity contribution is 7.99. The first-order chi connectivity index (χ1) is 18.2. The van der Waals surface area contributed by atoms with Crippen LogP contribution in [0.5, 0.6) is 0 Å². The van der Waals surface area contributed by atoms with Gasteiger partial charge in [0.25, 0.3) is 0 Å². The summed E-state index contributed by atoms with van der Waals surface area (Å²) in [7, 11) is -3.67. The van der Waals surface area contributed by atoms with Crippen molar-refractivity contribution in [2.45, 2.75) is 36.4 Å². The fourth-order valence-electron chi connectivity index (χ4n) is 3.93. The molecular weight excluding hydrogens is 528 g/mol. The number of sulfonamides is 1. The van der Waals surface area contributed by atoms with E-state index in [1.54, 1.807) is 48.5 Å². The summed E-state index contributed by atoms with van der Waals surface area (Å²) >= 11 is 1.24. The van der Waals surface area contributed by atoms with E-state index >= 15 is 0 Å². The van der Waals surface area contributed by atoms with Crippen LogP contribution < -0.4 is 11.1 Å². The third-order valence-electron chi connectivity index (χ3n) is 6.18.